The summed E-state index contributed by atoms with van der Waals surface area (Å²) in [6.07, 6.45) is 0. The number of H-pyrrole nitrogens is 1. The highest BCUT2D eigenvalue weighted by Gasteiger charge is 2.19. The molecule has 0 atom stereocenters. The Morgan fingerprint density at radius 3 is 2.92 bits per heavy atom. The minimum absolute atomic E-state index is 0.317. The summed E-state index contributed by atoms with van der Waals surface area (Å²) >= 11 is 0. The van der Waals surface area contributed by atoms with Gasteiger partial charge in [-0.1, -0.05) is 0 Å². The van der Waals surface area contributed by atoms with Gasteiger partial charge in [0.15, 0.2) is 5.82 Å². The monoisotopic (exact) mass is 178 g/mol. The lowest BCUT2D eigenvalue weighted by Crippen LogP contribution is -2.51. The van der Waals surface area contributed by atoms with E-state index < -0.39 is 0 Å². The van der Waals surface area contributed by atoms with Crippen molar-refractivity contribution in [1.82, 2.24) is 15.5 Å². The van der Waals surface area contributed by atoms with Crippen LogP contribution in [0.1, 0.15) is 5.56 Å². The number of hydrogen-bond donors (Lipinski definition) is 4. The van der Waals surface area contributed by atoms with Crippen molar-refractivity contribution in [3.63, 3.8) is 0 Å². The van der Waals surface area contributed by atoms with E-state index in [9.17, 15) is 0 Å². The van der Waals surface area contributed by atoms with Crippen molar-refractivity contribution in [2.75, 3.05) is 24.1 Å². The van der Waals surface area contributed by atoms with Crippen molar-refractivity contribution in [1.29, 1.82) is 5.26 Å². The van der Waals surface area contributed by atoms with Gasteiger partial charge in [-0.05, 0) is 0 Å². The molecular weight excluding hydrogens is 168 g/mol. The first-order valence-corrected chi connectivity index (χ1v) is 4.02. The highest BCUT2D eigenvalue weighted by molar-refractivity contribution is 5.63. The van der Waals surface area contributed by atoms with Gasteiger partial charge in [0.25, 0.3) is 0 Å². The molecule has 1 aromatic rings. The molecule has 5 N–H and O–H groups in total. The Kier molecular flexibility index (Phi) is 1.79. The molecule has 0 unspecified atom stereocenters. The molecule has 1 saturated heterocycles. The van der Waals surface area contributed by atoms with Crippen molar-refractivity contribution in [2.45, 2.75) is 6.04 Å². The molecule has 0 aromatic carbocycles. The van der Waals surface area contributed by atoms with Gasteiger partial charge in [-0.2, -0.15) is 10.4 Å². The lowest BCUT2D eigenvalue weighted by molar-refractivity contribution is 0.471. The summed E-state index contributed by atoms with van der Waals surface area (Å²) < 4.78 is 0. The summed E-state index contributed by atoms with van der Waals surface area (Å²) in [5.74, 6) is 0.865. The molecule has 1 aliphatic rings. The Labute approximate surface area is 75.1 Å². The number of anilines is 2. The van der Waals surface area contributed by atoms with Crippen molar-refractivity contribution in [2.24, 2.45) is 0 Å². The van der Waals surface area contributed by atoms with Gasteiger partial charge in [-0.25, -0.2) is 0 Å². The third-order valence-corrected chi connectivity index (χ3v) is 2.03. The fraction of sp³-hybridized carbons (Fsp3) is 0.429. The Bertz CT molecular complexity index is 344. The number of rotatable bonds is 2. The molecule has 0 radical (unpaired) electrons. The largest absolute Gasteiger partial charge is 0.383 e. The Balaban J connectivity index is 2.15. The summed E-state index contributed by atoms with van der Waals surface area (Å²) in [4.78, 5) is 0. The van der Waals surface area contributed by atoms with E-state index in [0.717, 1.165) is 13.1 Å². The smallest absolute Gasteiger partial charge is 0.168 e. The maximum Gasteiger partial charge on any atom is 0.168 e. The first-order chi connectivity index (χ1) is 6.31. The zero-order valence-electron chi connectivity index (χ0n) is 6.96. The van der Waals surface area contributed by atoms with Gasteiger partial charge >= 0.3 is 0 Å². The van der Waals surface area contributed by atoms with Gasteiger partial charge in [0.1, 0.15) is 17.5 Å². The van der Waals surface area contributed by atoms with E-state index in [4.69, 9.17) is 11.0 Å². The van der Waals surface area contributed by atoms with Crippen LogP contribution >= 0.6 is 0 Å². The Morgan fingerprint density at radius 1 is 1.62 bits per heavy atom. The van der Waals surface area contributed by atoms with Gasteiger partial charge in [0.2, 0.25) is 0 Å². The van der Waals surface area contributed by atoms with Crippen LogP contribution in [0.25, 0.3) is 0 Å². The van der Waals surface area contributed by atoms with E-state index in [1.807, 2.05) is 6.07 Å². The van der Waals surface area contributed by atoms with Crippen LogP contribution in [-0.4, -0.2) is 29.3 Å². The quantitative estimate of drug-likeness (QED) is 0.477. The van der Waals surface area contributed by atoms with Gasteiger partial charge in [-0.3, -0.25) is 5.10 Å². The third-order valence-electron chi connectivity index (χ3n) is 2.03. The van der Waals surface area contributed by atoms with E-state index in [1.165, 1.54) is 0 Å². The van der Waals surface area contributed by atoms with E-state index >= 15 is 0 Å². The molecule has 0 spiro atoms. The number of nitrogens with one attached hydrogen (secondary N) is 3. The highest BCUT2D eigenvalue weighted by atomic mass is 15.2. The van der Waals surface area contributed by atoms with Crippen LogP contribution in [0.3, 0.4) is 0 Å². The standard InChI is InChI=1S/C7H10N6/c8-1-5-6(9)12-13-7(5)11-4-2-10-3-4/h4,10H,2-3H2,(H4,9,11,12,13). The van der Waals surface area contributed by atoms with Gasteiger partial charge in [0.05, 0.1) is 6.04 Å². The van der Waals surface area contributed by atoms with Crippen LogP contribution in [0, 0.1) is 11.3 Å². The number of aromatic nitrogens is 2. The number of aromatic amines is 1. The predicted octanol–water partition coefficient (Wildman–Crippen LogP) is -0.753. The second-order valence-electron chi connectivity index (χ2n) is 2.97. The molecular formula is C7H10N6. The summed E-state index contributed by atoms with van der Waals surface area (Å²) in [5.41, 5.74) is 5.89. The maximum atomic E-state index is 8.75. The molecule has 0 saturated carbocycles. The van der Waals surface area contributed by atoms with Gasteiger partial charge in [-0.15, -0.1) is 0 Å². The number of nitrogens with two attached hydrogens (primary N) is 1. The van der Waals surface area contributed by atoms with E-state index in [0.29, 0.717) is 23.2 Å². The zero-order valence-corrected chi connectivity index (χ0v) is 6.96. The fourth-order valence-corrected chi connectivity index (χ4v) is 1.16. The first-order valence-electron chi connectivity index (χ1n) is 4.02. The topological polar surface area (TPSA) is 103 Å². The third kappa shape index (κ3) is 1.29. The molecule has 1 fully saturated rings. The summed E-state index contributed by atoms with van der Waals surface area (Å²) in [6.45, 7) is 1.80. The van der Waals surface area contributed by atoms with E-state index in [1.54, 1.807) is 0 Å². The van der Waals surface area contributed by atoms with Crippen LogP contribution in [-0.2, 0) is 0 Å². The Hall–Kier alpha value is -1.74. The maximum absolute atomic E-state index is 8.75. The molecule has 1 aromatic heterocycles. The van der Waals surface area contributed by atoms with Crippen molar-refractivity contribution in [3.8, 4) is 6.07 Å². The fourth-order valence-electron chi connectivity index (χ4n) is 1.16. The lowest BCUT2D eigenvalue weighted by atomic mass is 10.2. The SMILES string of the molecule is N#Cc1c(NC2CNC2)n[nH]c1N. The van der Waals surface area contributed by atoms with E-state index in [2.05, 4.69) is 20.8 Å². The Morgan fingerprint density at radius 2 is 2.38 bits per heavy atom. The number of nitriles is 1. The van der Waals surface area contributed by atoms with Crippen LogP contribution in [0.4, 0.5) is 11.6 Å². The van der Waals surface area contributed by atoms with Crippen molar-refractivity contribution < 1.29 is 0 Å². The molecule has 2 rings (SSSR count). The number of nitrogens with zero attached hydrogens (tertiary/aromatic N) is 2. The number of hydrogen-bond acceptors (Lipinski definition) is 5. The number of nitrogen functional groups attached to an aromatic ring is 1. The average molecular weight is 178 g/mol. The lowest BCUT2D eigenvalue weighted by Gasteiger charge is -2.27. The van der Waals surface area contributed by atoms with Crippen molar-refractivity contribution in [3.05, 3.63) is 5.56 Å². The highest BCUT2D eigenvalue weighted by Crippen LogP contribution is 2.18. The normalized spacial score (nSPS) is 16.2. The predicted molar refractivity (Wildman–Crippen MR) is 48.0 cm³/mol. The molecule has 68 valence electrons. The summed E-state index contributed by atoms with van der Waals surface area (Å²) in [5, 5.41) is 21.4. The molecule has 2 heterocycles. The molecule has 0 amide bonds. The molecule has 6 heteroatoms. The van der Waals surface area contributed by atoms with Crippen LogP contribution in [0.2, 0.25) is 0 Å². The zero-order chi connectivity index (χ0) is 9.26. The molecule has 6 nitrogen and oxygen atoms in total. The summed E-state index contributed by atoms with van der Waals surface area (Å²) in [7, 11) is 0. The van der Waals surface area contributed by atoms with Crippen molar-refractivity contribution >= 4 is 11.6 Å². The minimum atomic E-state index is 0.317. The molecule has 1 aliphatic heterocycles. The van der Waals surface area contributed by atoms with Gasteiger partial charge < -0.3 is 16.4 Å². The molecule has 0 aliphatic carbocycles. The summed E-state index contributed by atoms with van der Waals surface area (Å²) in [6, 6.07) is 2.35. The first kappa shape index (κ1) is 7.89. The second kappa shape index (κ2) is 2.95. The van der Waals surface area contributed by atoms with Gasteiger partial charge in [0, 0.05) is 13.1 Å². The molecule has 13 heavy (non-hydrogen) atoms. The minimum Gasteiger partial charge on any atom is -0.383 e. The average Bonchev–Trinajstić information content (AvgIpc) is 2.39. The second-order valence-corrected chi connectivity index (χ2v) is 2.97. The molecule has 0 bridgehead atoms. The van der Waals surface area contributed by atoms with Crippen LogP contribution in [0.5, 0.6) is 0 Å². The van der Waals surface area contributed by atoms with Crippen LogP contribution in [0.15, 0.2) is 0 Å². The van der Waals surface area contributed by atoms with Crippen LogP contribution < -0.4 is 16.4 Å². The van der Waals surface area contributed by atoms with E-state index in [-0.39, 0.29) is 0 Å².